The standard InChI is InChI=1S/C40H32N2/c1-4-14-28(15-5-1)36-27-37(29-16-6-2-7-17-29)42-39(41-36)31-19-12-18-30(26-31)32-21-13-23-35-38(32)33-20-8-9-22-34(33)40(35)24-10-3-11-25-40/h1-2,4-9,12-23,26-27H,3,10-11,24-25H2. The van der Waals surface area contributed by atoms with Gasteiger partial charge < -0.3 is 0 Å². The van der Waals surface area contributed by atoms with Gasteiger partial charge in [-0.15, -0.1) is 0 Å². The van der Waals surface area contributed by atoms with Gasteiger partial charge >= 0.3 is 0 Å². The minimum absolute atomic E-state index is 0.148. The second-order valence-corrected chi connectivity index (χ2v) is 11.7. The maximum Gasteiger partial charge on any atom is 0.160 e. The normalized spacial score (nSPS) is 14.9. The summed E-state index contributed by atoms with van der Waals surface area (Å²) in [6, 6.07) is 47.8. The van der Waals surface area contributed by atoms with Crippen molar-refractivity contribution in [2.24, 2.45) is 0 Å². The Kier molecular flexibility index (Phi) is 6.07. The molecule has 1 aromatic heterocycles. The maximum atomic E-state index is 5.10. The van der Waals surface area contributed by atoms with Gasteiger partial charge in [0.15, 0.2) is 5.82 Å². The summed E-state index contributed by atoms with van der Waals surface area (Å²) < 4.78 is 0. The number of hydrogen-bond donors (Lipinski definition) is 0. The average Bonchev–Trinajstić information content (AvgIpc) is 3.35. The predicted octanol–water partition coefficient (Wildman–Crippen LogP) is 10.4. The van der Waals surface area contributed by atoms with Gasteiger partial charge in [-0.1, -0.05) is 141 Å². The van der Waals surface area contributed by atoms with E-state index in [1.165, 1.54) is 65.5 Å². The smallest absolute Gasteiger partial charge is 0.160 e. The number of nitrogens with zero attached hydrogens (tertiary/aromatic N) is 2. The van der Waals surface area contributed by atoms with E-state index in [4.69, 9.17) is 9.97 Å². The maximum absolute atomic E-state index is 5.10. The highest BCUT2D eigenvalue weighted by Crippen LogP contribution is 2.57. The summed E-state index contributed by atoms with van der Waals surface area (Å²) >= 11 is 0. The zero-order valence-corrected chi connectivity index (χ0v) is 23.6. The Hall–Kier alpha value is -4.82. The molecule has 1 heterocycles. The Morgan fingerprint density at radius 1 is 0.429 bits per heavy atom. The number of fused-ring (bicyclic) bond motifs is 5. The Morgan fingerprint density at radius 2 is 0.976 bits per heavy atom. The molecule has 0 amide bonds. The van der Waals surface area contributed by atoms with E-state index in [2.05, 4.69) is 121 Å². The van der Waals surface area contributed by atoms with E-state index in [-0.39, 0.29) is 5.41 Å². The first-order valence-electron chi connectivity index (χ1n) is 15.1. The molecule has 0 N–H and O–H groups in total. The number of hydrogen-bond acceptors (Lipinski definition) is 2. The lowest BCUT2D eigenvalue weighted by atomic mass is 9.68. The second kappa shape index (κ2) is 10.2. The van der Waals surface area contributed by atoms with Gasteiger partial charge in [0.2, 0.25) is 0 Å². The van der Waals surface area contributed by atoms with Crippen LogP contribution in [0.1, 0.15) is 43.2 Å². The summed E-state index contributed by atoms with van der Waals surface area (Å²) in [6.07, 6.45) is 6.42. The largest absolute Gasteiger partial charge is 0.228 e. The third-order valence-electron chi connectivity index (χ3n) is 9.30. The minimum atomic E-state index is 0.148. The summed E-state index contributed by atoms with van der Waals surface area (Å²) in [5.41, 5.74) is 13.6. The van der Waals surface area contributed by atoms with Crippen molar-refractivity contribution >= 4 is 0 Å². The number of rotatable bonds is 4. The summed E-state index contributed by atoms with van der Waals surface area (Å²) in [7, 11) is 0. The molecule has 2 nitrogen and oxygen atoms in total. The molecular formula is C40H32N2. The first-order valence-corrected chi connectivity index (χ1v) is 15.1. The molecule has 42 heavy (non-hydrogen) atoms. The Labute approximate surface area is 247 Å². The molecule has 1 saturated carbocycles. The molecule has 1 fully saturated rings. The van der Waals surface area contributed by atoms with Crippen LogP contribution in [0.15, 0.2) is 133 Å². The lowest BCUT2D eigenvalue weighted by Gasteiger charge is -2.36. The van der Waals surface area contributed by atoms with Gasteiger partial charge in [0.1, 0.15) is 0 Å². The van der Waals surface area contributed by atoms with Gasteiger partial charge in [-0.05, 0) is 58.4 Å². The zero-order valence-electron chi connectivity index (χ0n) is 23.6. The molecule has 2 aliphatic rings. The fraction of sp³-hybridized carbons (Fsp3) is 0.150. The summed E-state index contributed by atoms with van der Waals surface area (Å²) in [5, 5.41) is 0. The van der Waals surface area contributed by atoms with Gasteiger partial charge in [0.05, 0.1) is 11.4 Å². The predicted molar refractivity (Wildman–Crippen MR) is 173 cm³/mol. The van der Waals surface area contributed by atoms with Crippen molar-refractivity contribution in [3.63, 3.8) is 0 Å². The van der Waals surface area contributed by atoms with Crippen LogP contribution in [0.5, 0.6) is 0 Å². The van der Waals surface area contributed by atoms with E-state index in [1.807, 2.05) is 12.1 Å². The van der Waals surface area contributed by atoms with E-state index >= 15 is 0 Å². The average molecular weight is 541 g/mol. The van der Waals surface area contributed by atoms with Gasteiger partial charge in [0.25, 0.3) is 0 Å². The van der Waals surface area contributed by atoms with Gasteiger partial charge in [-0.2, -0.15) is 0 Å². The van der Waals surface area contributed by atoms with Crippen molar-refractivity contribution < 1.29 is 0 Å². The third kappa shape index (κ3) is 4.10. The van der Waals surface area contributed by atoms with Crippen LogP contribution in [0.4, 0.5) is 0 Å². The van der Waals surface area contributed by atoms with E-state index < -0.39 is 0 Å². The van der Waals surface area contributed by atoms with E-state index in [0.717, 1.165) is 33.9 Å². The highest BCUT2D eigenvalue weighted by Gasteiger charge is 2.44. The molecule has 8 rings (SSSR count). The topological polar surface area (TPSA) is 25.8 Å². The molecule has 202 valence electrons. The van der Waals surface area contributed by atoms with Gasteiger partial charge in [0, 0.05) is 22.1 Å². The molecule has 6 aromatic rings. The van der Waals surface area contributed by atoms with E-state index in [1.54, 1.807) is 0 Å². The zero-order chi connectivity index (χ0) is 27.9. The molecule has 0 saturated heterocycles. The number of benzene rings is 5. The fourth-order valence-corrected chi connectivity index (χ4v) is 7.36. The monoisotopic (exact) mass is 540 g/mol. The van der Waals surface area contributed by atoms with Crippen LogP contribution < -0.4 is 0 Å². The van der Waals surface area contributed by atoms with Crippen LogP contribution >= 0.6 is 0 Å². The molecule has 1 spiro atoms. The lowest BCUT2D eigenvalue weighted by Crippen LogP contribution is -2.27. The molecule has 2 heteroatoms. The van der Waals surface area contributed by atoms with Crippen molar-refractivity contribution in [3.05, 3.63) is 145 Å². The Morgan fingerprint density at radius 3 is 1.69 bits per heavy atom. The summed E-state index contributed by atoms with van der Waals surface area (Å²) in [4.78, 5) is 10.2. The molecule has 0 radical (unpaired) electrons. The fourth-order valence-electron chi connectivity index (χ4n) is 7.36. The molecule has 0 unspecified atom stereocenters. The van der Waals surface area contributed by atoms with Crippen LogP contribution in [-0.4, -0.2) is 9.97 Å². The van der Waals surface area contributed by atoms with Gasteiger partial charge in [-0.25, -0.2) is 9.97 Å². The molecule has 0 aliphatic heterocycles. The van der Waals surface area contributed by atoms with Crippen molar-refractivity contribution in [2.75, 3.05) is 0 Å². The SMILES string of the molecule is c1ccc(-c2cc(-c3ccccc3)nc(-c3cccc(-c4cccc5c4-c4ccccc4C54CCCCC4)c3)n2)cc1. The molecule has 5 aromatic carbocycles. The van der Waals surface area contributed by atoms with Crippen LogP contribution in [0.3, 0.4) is 0 Å². The van der Waals surface area contributed by atoms with Crippen LogP contribution in [-0.2, 0) is 5.41 Å². The van der Waals surface area contributed by atoms with E-state index in [0.29, 0.717) is 0 Å². The minimum Gasteiger partial charge on any atom is -0.228 e. The van der Waals surface area contributed by atoms with Crippen molar-refractivity contribution in [3.8, 4) is 56.2 Å². The Bertz CT molecular complexity index is 1840. The summed E-state index contributed by atoms with van der Waals surface area (Å²) in [6.45, 7) is 0. The van der Waals surface area contributed by atoms with E-state index in [9.17, 15) is 0 Å². The third-order valence-corrected chi connectivity index (χ3v) is 9.30. The molecule has 2 aliphatic carbocycles. The number of aromatic nitrogens is 2. The summed E-state index contributed by atoms with van der Waals surface area (Å²) in [5.74, 6) is 0.744. The highest BCUT2D eigenvalue weighted by molar-refractivity contribution is 5.93. The van der Waals surface area contributed by atoms with Crippen LogP contribution in [0.25, 0.3) is 56.2 Å². The first kappa shape index (κ1) is 24.9. The first-order chi connectivity index (χ1) is 20.8. The van der Waals surface area contributed by atoms with Crippen molar-refractivity contribution in [1.29, 1.82) is 0 Å². The van der Waals surface area contributed by atoms with Gasteiger partial charge in [-0.3, -0.25) is 0 Å². The quantitative estimate of drug-likeness (QED) is 0.222. The molecule has 0 bridgehead atoms. The van der Waals surface area contributed by atoms with Crippen LogP contribution in [0, 0.1) is 0 Å². The molecule has 0 atom stereocenters. The Balaban J connectivity index is 1.29. The highest BCUT2D eigenvalue weighted by atomic mass is 14.9. The lowest BCUT2D eigenvalue weighted by molar-refractivity contribution is 0.353. The van der Waals surface area contributed by atoms with Crippen molar-refractivity contribution in [2.45, 2.75) is 37.5 Å². The van der Waals surface area contributed by atoms with Crippen LogP contribution in [0.2, 0.25) is 0 Å². The molecular weight excluding hydrogens is 508 g/mol. The van der Waals surface area contributed by atoms with Crippen molar-refractivity contribution in [1.82, 2.24) is 9.97 Å². The second-order valence-electron chi connectivity index (χ2n) is 11.7.